The minimum atomic E-state index is -0.486. The van der Waals surface area contributed by atoms with Gasteiger partial charge in [-0.2, -0.15) is 0 Å². The van der Waals surface area contributed by atoms with E-state index in [1.54, 1.807) is 18.0 Å². The van der Waals surface area contributed by atoms with Crippen LogP contribution in [0.4, 0.5) is 10.6 Å². The van der Waals surface area contributed by atoms with Crippen LogP contribution in [-0.4, -0.2) is 52.7 Å². The molecular weight excluding hydrogens is 304 g/mol. The van der Waals surface area contributed by atoms with E-state index in [2.05, 4.69) is 14.9 Å². The highest BCUT2D eigenvalue weighted by Gasteiger charge is 2.29. The smallest absolute Gasteiger partial charge is 0.410 e. The van der Waals surface area contributed by atoms with Gasteiger partial charge in [0.05, 0.1) is 6.04 Å². The Labute approximate surface area is 136 Å². The number of hydrogen-bond acceptors (Lipinski definition) is 5. The Morgan fingerprint density at radius 2 is 2.18 bits per heavy atom. The van der Waals surface area contributed by atoms with Gasteiger partial charge in [-0.3, -0.25) is 0 Å². The summed E-state index contributed by atoms with van der Waals surface area (Å²) in [5.41, 5.74) is -0.486. The Balaban J connectivity index is 2.02. The topological polar surface area (TPSA) is 58.6 Å². The molecule has 122 valence electrons. The van der Waals surface area contributed by atoms with Crippen LogP contribution in [0.15, 0.2) is 12.4 Å². The lowest BCUT2D eigenvalue weighted by Gasteiger charge is -2.38. The number of anilines is 1. The molecule has 22 heavy (non-hydrogen) atoms. The highest BCUT2D eigenvalue weighted by atomic mass is 35.5. The van der Waals surface area contributed by atoms with Crippen molar-refractivity contribution in [2.45, 2.75) is 45.3 Å². The van der Waals surface area contributed by atoms with Gasteiger partial charge in [0.1, 0.15) is 22.9 Å². The fourth-order valence-electron chi connectivity index (χ4n) is 2.46. The number of halogens is 1. The third kappa shape index (κ3) is 4.47. The molecule has 1 aromatic heterocycles. The summed E-state index contributed by atoms with van der Waals surface area (Å²) >= 11 is 5.92. The Kier molecular flexibility index (Phi) is 5.11. The molecule has 6 nitrogen and oxygen atoms in total. The Morgan fingerprint density at radius 1 is 1.45 bits per heavy atom. The SMILES string of the molecule is CN(C(=O)OC(C)(C)C)[C@@H]1CCCN(c2cc(Cl)ncn2)C1. The zero-order valence-corrected chi connectivity index (χ0v) is 14.3. The van der Waals surface area contributed by atoms with Crippen LogP contribution in [0.3, 0.4) is 0 Å². The molecule has 1 amide bonds. The highest BCUT2D eigenvalue weighted by Crippen LogP contribution is 2.22. The van der Waals surface area contributed by atoms with Crippen LogP contribution in [0.2, 0.25) is 5.15 Å². The van der Waals surface area contributed by atoms with E-state index in [1.807, 2.05) is 20.8 Å². The van der Waals surface area contributed by atoms with Crippen molar-refractivity contribution >= 4 is 23.5 Å². The number of carbonyl (C=O) groups is 1. The zero-order chi connectivity index (χ0) is 16.3. The number of ether oxygens (including phenoxy) is 1. The molecule has 0 N–H and O–H groups in total. The molecule has 2 heterocycles. The molecule has 0 bridgehead atoms. The predicted octanol–water partition coefficient (Wildman–Crippen LogP) is 2.97. The largest absolute Gasteiger partial charge is 0.444 e. The number of nitrogens with zero attached hydrogens (tertiary/aromatic N) is 4. The maximum absolute atomic E-state index is 12.2. The van der Waals surface area contributed by atoms with Gasteiger partial charge in [-0.15, -0.1) is 0 Å². The van der Waals surface area contributed by atoms with Gasteiger partial charge in [-0.05, 0) is 33.6 Å². The van der Waals surface area contributed by atoms with Crippen LogP contribution in [0, 0.1) is 0 Å². The monoisotopic (exact) mass is 326 g/mol. The first-order valence-corrected chi connectivity index (χ1v) is 7.82. The normalized spacial score (nSPS) is 19.0. The average Bonchev–Trinajstić information content (AvgIpc) is 2.45. The van der Waals surface area contributed by atoms with Gasteiger partial charge >= 0.3 is 6.09 Å². The van der Waals surface area contributed by atoms with Crippen molar-refractivity contribution in [2.24, 2.45) is 0 Å². The van der Waals surface area contributed by atoms with Crippen molar-refractivity contribution in [3.05, 3.63) is 17.5 Å². The maximum atomic E-state index is 12.2. The third-order valence-electron chi connectivity index (χ3n) is 3.57. The van der Waals surface area contributed by atoms with E-state index in [0.29, 0.717) is 11.7 Å². The average molecular weight is 327 g/mol. The van der Waals surface area contributed by atoms with Gasteiger partial charge < -0.3 is 14.5 Å². The summed E-state index contributed by atoms with van der Waals surface area (Å²) < 4.78 is 5.43. The molecule has 1 atom stereocenters. The number of rotatable bonds is 2. The second-order valence-electron chi connectivity index (χ2n) is 6.53. The zero-order valence-electron chi connectivity index (χ0n) is 13.5. The summed E-state index contributed by atoms with van der Waals surface area (Å²) in [6, 6.07) is 1.84. The lowest BCUT2D eigenvalue weighted by Crippen LogP contribution is -2.50. The van der Waals surface area contributed by atoms with Crippen LogP contribution in [0.1, 0.15) is 33.6 Å². The molecule has 1 aliphatic heterocycles. The molecule has 0 aliphatic carbocycles. The lowest BCUT2D eigenvalue weighted by atomic mass is 10.0. The van der Waals surface area contributed by atoms with Crippen molar-refractivity contribution in [3.63, 3.8) is 0 Å². The van der Waals surface area contributed by atoms with Crippen molar-refractivity contribution in [1.29, 1.82) is 0 Å². The maximum Gasteiger partial charge on any atom is 0.410 e. The van der Waals surface area contributed by atoms with E-state index < -0.39 is 5.60 Å². The number of piperidine rings is 1. The first kappa shape index (κ1) is 16.8. The van der Waals surface area contributed by atoms with E-state index in [0.717, 1.165) is 25.2 Å². The Morgan fingerprint density at radius 3 is 2.82 bits per heavy atom. The Hall–Kier alpha value is -1.56. The molecule has 1 saturated heterocycles. The molecule has 1 aromatic rings. The molecule has 0 saturated carbocycles. The standard InChI is InChI=1S/C15H23ClN4O2/c1-15(2,3)22-14(21)19(4)11-6-5-7-20(9-11)13-8-12(16)17-10-18-13/h8,10-11H,5-7,9H2,1-4H3/t11-/m1/s1. The van der Waals surface area contributed by atoms with Gasteiger partial charge in [0.25, 0.3) is 0 Å². The van der Waals surface area contributed by atoms with Crippen LogP contribution in [-0.2, 0) is 4.74 Å². The third-order valence-corrected chi connectivity index (χ3v) is 3.78. The fourth-order valence-corrected chi connectivity index (χ4v) is 2.60. The van der Waals surface area contributed by atoms with Crippen LogP contribution in [0.5, 0.6) is 0 Å². The number of likely N-dealkylation sites (N-methyl/N-ethyl adjacent to an activating group) is 1. The molecular formula is C15H23ClN4O2. The summed E-state index contributed by atoms with van der Waals surface area (Å²) in [7, 11) is 1.79. The molecule has 0 unspecified atom stereocenters. The summed E-state index contributed by atoms with van der Waals surface area (Å²) in [5, 5.41) is 0.424. The summed E-state index contributed by atoms with van der Waals surface area (Å²) in [5.74, 6) is 0.794. The lowest BCUT2D eigenvalue weighted by molar-refractivity contribution is 0.0209. The second-order valence-corrected chi connectivity index (χ2v) is 6.92. The summed E-state index contributed by atoms with van der Waals surface area (Å²) in [6.45, 7) is 7.22. The van der Waals surface area contributed by atoms with Crippen LogP contribution in [0.25, 0.3) is 0 Å². The predicted molar refractivity (Wildman–Crippen MR) is 86.3 cm³/mol. The Bertz CT molecular complexity index is 533. The highest BCUT2D eigenvalue weighted by molar-refractivity contribution is 6.29. The van der Waals surface area contributed by atoms with Crippen LogP contribution >= 0.6 is 11.6 Å². The van der Waals surface area contributed by atoms with Crippen LogP contribution < -0.4 is 4.90 Å². The molecule has 0 spiro atoms. The van der Waals surface area contributed by atoms with Crippen molar-refractivity contribution < 1.29 is 9.53 Å². The quantitative estimate of drug-likeness (QED) is 0.782. The van der Waals surface area contributed by atoms with E-state index in [-0.39, 0.29) is 12.1 Å². The summed E-state index contributed by atoms with van der Waals surface area (Å²) in [4.78, 5) is 24.2. The van der Waals surface area contributed by atoms with Crippen molar-refractivity contribution in [3.8, 4) is 0 Å². The minimum absolute atomic E-state index is 0.0948. The van der Waals surface area contributed by atoms with E-state index in [1.165, 1.54) is 6.33 Å². The summed E-state index contributed by atoms with van der Waals surface area (Å²) in [6.07, 6.45) is 3.10. The minimum Gasteiger partial charge on any atom is -0.444 e. The molecule has 2 rings (SSSR count). The van der Waals surface area contributed by atoms with E-state index in [9.17, 15) is 4.79 Å². The van der Waals surface area contributed by atoms with E-state index >= 15 is 0 Å². The van der Waals surface area contributed by atoms with Crippen molar-refractivity contribution in [1.82, 2.24) is 14.9 Å². The molecule has 1 fully saturated rings. The molecule has 7 heteroatoms. The van der Waals surface area contributed by atoms with Gasteiger partial charge in [0, 0.05) is 26.2 Å². The molecule has 1 aliphatic rings. The molecule has 0 radical (unpaired) electrons. The number of carbonyl (C=O) groups excluding carboxylic acids is 1. The van der Waals surface area contributed by atoms with Gasteiger partial charge in [0.2, 0.25) is 0 Å². The number of amides is 1. The van der Waals surface area contributed by atoms with Gasteiger partial charge in [0.15, 0.2) is 0 Å². The second kappa shape index (κ2) is 6.69. The van der Waals surface area contributed by atoms with Gasteiger partial charge in [-0.25, -0.2) is 14.8 Å². The van der Waals surface area contributed by atoms with E-state index in [4.69, 9.17) is 16.3 Å². The van der Waals surface area contributed by atoms with Crippen molar-refractivity contribution in [2.75, 3.05) is 25.0 Å². The molecule has 0 aromatic carbocycles. The first-order valence-electron chi connectivity index (χ1n) is 7.44. The number of aromatic nitrogens is 2. The number of hydrogen-bond donors (Lipinski definition) is 0. The fraction of sp³-hybridized carbons (Fsp3) is 0.667. The van der Waals surface area contributed by atoms with Gasteiger partial charge in [-0.1, -0.05) is 11.6 Å². The first-order chi connectivity index (χ1) is 10.3.